The lowest BCUT2D eigenvalue weighted by Gasteiger charge is -2.36. The van der Waals surface area contributed by atoms with Crippen molar-refractivity contribution in [3.05, 3.63) is 23.8 Å². The molecule has 3 rings (SSSR count). The molecular formula is C19H28N2O2. The van der Waals surface area contributed by atoms with Gasteiger partial charge in [0.25, 0.3) is 0 Å². The van der Waals surface area contributed by atoms with Gasteiger partial charge in [0.15, 0.2) is 0 Å². The van der Waals surface area contributed by atoms with E-state index in [4.69, 9.17) is 4.74 Å². The van der Waals surface area contributed by atoms with Crippen molar-refractivity contribution in [3.63, 3.8) is 0 Å². The number of anilines is 1. The minimum absolute atomic E-state index is 0.0586. The minimum Gasteiger partial charge on any atom is -0.484 e. The van der Waals surface area contributed by atoms with E-state index in [0.29, 0.717) is 13.0 Å². The second kappa shape index (κ2) is 6.52. The van der Waals surface area contributed by atoms with E-state index in [1.54, 1.807) is 0 Å². The summed E-state index contributed by atoms with van der Waals surface area (Å²) in [6, 6.07) is 6.20. The number of fused-ring (bicyclic) bond motifs is 2. The van der Waals surface area contributed by atoms with Crippen LogP contribution in [0.25, 0.3) is 0 Å². The van der Waals surface area contributed by atoms with Gasteiger partial charge in [-0.3, -0.25) is 9.69 Å². The Morgan fingerprint density at radius 1 is 1.30 bits per heavy atom. The Morgan fingerprint density at radius 3 is 2.87 bits per heavy atom. The molecular weight excluding hydrogens is 288 g/mol. The Balaban J connectivity index is 1.91. The number of carbonyl (C=O) groups is 1. The SMILES string of the molecule is CCC(=O)N(CC)c1cc(C)ccc1OC12CCCN(CC1)C2. The van der Waals surface area contributed by atoms with Crippen molar-refractivity contribution in [2.24, 2.45) is 0 Å². The molecule has 2 heterocycles. The van der Waals surface area contributed by atoms with E-state index in [1.165, 1.54) is 13.0 Å². The lowest BCUT2D eigenvalue weighted by atomic mass is 9.94. The molecule has 126 valence electrons. The van der Waals surface area contributed by atoms with Crippen LogP contribution in [0.15, 0.2) is 18.2 Å². The fraction of sp³-hybridized carbons (Fsp3) is 0.632. The Labute approximate surface area is 139 Å². The zero-order chi connectivity index (χ0) is 16.4. The van der Waals surface area contributed by atoms with Crippen molar-refractivity contribution in [1.82, 2.24) is 4.90 Å². The molecule has 2 unspecified atom stereocenters. The number of piperidine rings is 1. The summed E-state index contributed by atoms with van der Waals surface area (Å²) in [4.78, 5) is 16.7. The first kappa shape index (κ1) is 16.3. The van der Waals surface area contributed by atoms with Gasteiger partial charge in [-0.15, -0.1) is 0 Å². The fourth-order valence-corrected chi connectivity index (χ4v) is 3.91. The monoisotopic (exact) mass is 316 g/mol. The second-order valence-electron chi connectivity index (χ2n) is 6.88. The van der Waals surface area contributed by atoms with E-state index in [-0.39, 0.29) is 11.5 Å². The summed E-state index contributed by atoms with van der Waals surface area (Å²) < 4.78 is 6.56. The third-order valence-corrected chi connectivity index (χ3v) is 5.15. The summed E-state index contributed by atoms with van der Waals surface area (Å²) in [7, 11) is 0. The average Bonchev–Trinajstić information content (AvgIpc) is 2.84. The van der Waals surface area contributed by atoms with Gasteiger partial charge in [0.2, 0.25) is 5.91 Å². The first-order valence-electron chi connectivity index (χ1n) is 8.89. The molecule has 0 aromatic heterocycles. The molecule has 2 saturated heterocycles. The highest BCUT2D eigenvalue weighted by Crippen LogP contribution is 2.39. The van der Waals surface area contributed by atoms with E-state index >= 15 is 0 Å². The molecule has 4 nitrogen and oxygen atoms in total. The van der Waals surface area contributed by atoms with Gasteiger partial charge in [0.1, 0.15) is 11.4 Å². The van der Waals surface area contributed by atoms with Crippen molar-refractivity contribution in [3.8, 4) is 5.75 Å². The number of amides is 1. The first-order chi connectivity index (χ1) is 11.1. The van der Waals surface area contributed by atoms with Crippen molar-refractivity contribution < 1.29 is 9.53 Å². The molecule has 1 aromatic rings. The highest BCUT2D eigenvalue weighted by atomic mass is 16.5. The van der Waals surface area contributed by atoms with E-state index < -0.39 is 0 Å². The van der Waals surface area contributed by atoms with Gasteiger partial charge in [0.05, 0.1) is 5.69 Å². The first-order valence-corrected chi connectivity index (χ1v) is 8.89. The largest absolute Gasteiger partial charge is 0.484 e. The van der Waals surface area contributed by atoms with E-state index in [2.05, 4.69) is 24.0 Å². The van der Waals surface area contributed by atoms with Crippen molar-refractivity contribution in [2.45, 2.75) is 52.1 Å². The Hall–Kier alpha value is -1.55. The van der Waals surface area contributed by atoms with E-state index in [9.17, 15) is 4.79 Å². The molecule has 1 aromatic carbocycles. The van der Waals surface area contributed by atoms with Crippen LogP contribution in [-0.2, 0) is 4.79 Å². The van der Waals surface area contributed by atoms with Crippen LogP contribution >= 0.6 is 0 Å². The molecule has 2 aliphatic rings. The van der Waals surface area contributed by atoms with Crippen LogP contribution in [-0.4, -0.2) is 42.6 Å². The predicted molar refractivity (Wildman–Crippen MR) is 93.1 cm³/mol. The van der Waals surface area contributed by atoms with Crippen LogP contribution in [0.3, 0.4) is 0 Å². The maximum absolute atomic E-state index is 12.3. The third-order valence-electron chi connectivity index (χ3n) is 5.15. The summed E-state index contributed by atoms with van der Waals surface area (Å²) in [5.74, 6) is 1.01. The van der Waals surface area contributed by atoms with Gasteiger partial charge in [-0.1, -0.05) is 13.0 Å². The zero-order valence-electron chi connectivity index (χ0n) is 14.6. The number of hydrogen-bond acceptors (Lipinski definition) is 3. The standard InChI is InChI=1S/C19H28N2O2/c1-4-18(22)21(5-2)16-13-15(3)7-8-17(16)23-19-9-6-11-20(14-19)12-10-19/h7-8,13H,4-6,9-12,14H2,1-3H3. The summed E-state index contributed by atoms with van der Waals surface area (Å²) in [6.45, 7) is 10.0. The molecule has 4 heteroatoms. The van der Waals surface area contributed by atoms with Crippen LogP contribution in [0.2, 0.25) is 0 Å². The minimum atomic E-state index is -0.0586. The number of carbonyl (C=O) groups excluding carboxylic acids is 1. The summed E-state index contributed by atoms with van der Waals surface area (Å²) >= 11 is 0. The molecule has 2 bridgehead atoms. The number of benzene rings is 1. The van der Waals surface area contributed by atoms with Gasteiger partial charge in [-0.2, -0.15) is 0 Å². The smallest absolute Gasteiger partial charge is 0.226 e. The molecule has 0 radical (unpaired) electrons. The Bertz CT molecular complexity index is 583. The summed E-state index contributed by atoms with van der Waals surface area (Å²) in [5.41, 5.74) is 2.03. The van der Waals surface area contributed by atoms with Gasteiger partial charge >= 0.3 is 0 Å². The van der Waals surface area contributed by atoms with Gasteiger partial charge in [-0.25, -0.2) is 0 Å². The molecule has 23 heavy (non-hydrogen) atoms. The predicted octanol–water partition coefficient (Wildman–Crippen LogP) is 3.38. The Morgan fingerprint density at radius 2 is 2.13 bits per heavy atom. The molecule has 0 spiro atoms. The molecule has 0 N–H and O–H groups in total. The Kier molecular flexibility index (Phi) is 4.62. The zero-order valence-corrected chi connectivity index (χ0v) is 14.6. The molecule has 2 fully saturated rings. The number of aryl methyl sites for hydroxylation is 1. The topological polar surface area (TPSA) is 32.8 Å². The van der Waals surface area contributed by atoms with Crippen molar-refractivity contribution in [2.75, 3.05) is 31.1 Å². The summed E-state index contributed by atoms with van der Waals surface area (Å²) in [5, 5.41) is 0. The quantitative estimate of drug-likeness (QED) is 0.835. The average molecular weight is 316 g/mol. The lowest BCUT2D eigenvalue weighted by Crippen LogP contribution is -2.44. The molecule has 0 aliphatic carbocycles. The third kappa shape index (κ3) is 3.23. The van der Waals surface area contributed by atoms with Crippen LogP contribution < -0.4 is 9.64 Å². The number of rotatable bonds is 5. The van der Waals surface area contributed by atoms with Gasteiger partial charge in [-0.05, 0) is 50.9 Å². The maximum Gasteiger partial charge on any atom is 0.226 e. The molecule has 1 amide bonds. The molecule has 2 atom stereocenters. The van der Waals surface area contributed by atoms with Crippen molar-refractivity contribution >= 4 is 11.6 Å². The summed E-state index contributed by atoms with van der Waals surface area (Å²) in [6.07, 6.45) is 3.92. The maximum atomic E-state index is 12.3. The molecule has 0 saturated carbocycles. The van der Waals surface area contributed by atoms with Crippen molar-refractivity contribution in [1.29, 1.82) is 0 Å². The normalized spacial score (nSPS) is 26.1. The molecule has 2 aliphatic heterocycles. The lowest BCUT2D eigenvalue weighted by molar-refractivity contribution is -0.118. The van der Waals surface area contributed by atoms with Crippen LogP contribution in [0.5, 0.6) is 5.75 Å². The number of ether oxygens (including phenoxy) is 1. The van der Waals surface area contributed by atoms with Gasteiger partial charge < -0.3 is 9.64 Å². The van der Waals surface area contributed by atoms with E-state index in [1.807, 2.05) is 24.8 Å². The number of nitrogens with zero attached hydrogens (tertiary/aromatic N) is 2. The highest BCUT2D eigenvalue weighted by Gasteiger charge is 2.43. The van der Waals surface area contributed by atoms with Crippen LogP contribution in [0, 0.1) is 6.92 Å². The number of hydrogen-bond donors (Lipinski definition) is 0. The fourth-order valence-electron chi connectivity index (χ4n) is 3.91. The highest BCUT2D eigenvalue weighted by molar-refractivity contribution is 5.94. The van der Waals surface area contributed by atoms with Crippen LogP contribution in [0.4, 0.5) is 5.69 Å². The van der Waals surface area contributed by atoms with E-state index in [0.717, 1.165) is 42.9 Å². The van der Waals surface area contributed by atoms with Crippen LogP contribution in [0.1, 0.15) is 45.1 Å². The second-order valence-corrected chi connectivity index (χ2v) is 6.88. The van der Waals surface area contributed by atoms with Gasteiger partial charge in [0, 0.05) is 32.5 Å².